The average Bonchev–Trinajstić information content (AvgIpc) is 2.36. The van der Waals surface area contributed by atoms with Gasteiger partial charge in [-0.05, 0) is 51.1 Å². The van der Waals surface area contributed by atoms with Crippen LogP contribution in [0.2, 0.25) is 0 Å². The number of likely N-dealkylation sites (N-methyl/N-ethyl adjacent to an activating group) is 1. The second kappa shape index (κ2) is 8.34. The first-order valence-corrected chi connectivity index (χ1v) is 7.09. The molecule has 3 heteroatoms. The zero-order valence-electron chi connectivity index (χ0n) is 12.1. The quantitative estimate of drug-likeness (QED) is 0.790. The molecule has 0 aromatic rings. The van der Waals surface area contributed by atoms with Gasteiger partial charge in [-0.2, -0.15) is 0 Å². The maximum atomic E-state index is 3.43. The number of nitrogens with one attached hydrogen (secondary N) is 1. The van der Waals surface area contributed by atoms with Crippen LogP contribution in [0.25, 0.3) is 0 Å². The fourth-order valence-electron chi connectivity index (χ4n) is 2.99. The van der Waals surface area contributed by atoms with E-state index in [4.69, 9.17) is 0 Å². The van der Waals surface area contributed by atoms with E-state index in [1.807, 2.05) is 0 Å². The molecular formula is C14H31ClN2. The van der Waals surface area contributed by atoms with E-state index in [1.54, 1.807) is 0 Å². The van der Waals surface area contributed by atoms with Crippen molar-refractivity contribution in [3.8, 4) is 0 Å². The SMILES string of the molecule is CCC(CC)(CC)CN1CCCC(NC)C1.Cl. The summed E-state index contributed by atoms with van der Waals surface area (Å²) in [6, 6.07) is 0.719. The minimum atomic E-state index is 0. The van der Waals surface area contributed by atoms with Crippen molar-refractivity contribution in [2.75, 3.05) is 26.7 Å². The normalized spacial score (nSPS) is 22.2. The number of hydrogen-bond donors (Lipinski definition) is 1. The van der Waals surface area contributed by atoms with Gasteiger partial charge in [-0.15, -0.1) is 12.4 Å². The number of halogens is 1. The van der Waals surface area contributed by atoms with E-state index in [0.717, 1.165) is 6.04 Å². The molecule has 0 bridgehead atoms. The predicted octanol–water partition coefficient (Wildman–Crippen LogP) is 3.31. The average molecular weight is 263 g/mol. The van der Waals surface area contributed by atoms with Crippen LogP contribution in [0.3, 0.4) is 0 Å². The third-order valence-electron chi connectivity index (χ3n) is 4.72. The van der Waals surface area contributed by atoms with E-state index in [9.17, 15) is 0 Å². The Morgan fingerprint density at radius 1 is 1.18 bits per heavy atom. The molecule has 104 valence electrons. The van der Waals surface area contributed by atoms with Gasteiger partial charge in [-0.3, -0.25) is 0 Å². The lowest BCUT2D eigenvalue weighted by Crippen LogP contribution is -2.48. The first-order valence-electron chi connectivity index (χ1n) is 7.09. The van der Waals surface area contributed by atoms with Gasteiger partial charge in [0.1, 0.15) is 0 Å². The molecule has 1 aliphatic heterocycles. The Labute approximate surface area is 114 Å². The van der Waals surface area contributed by atoms with Gasteiger partial charge in [0.15, 0.2) is 0 Å². The van der Waals surface area contributed by atoms with Gasteiger partial charge in [-0.25, -0.2) is 0 Å². The summed E-state index contributed by atoms with van der Waals surface area (Å²) in [5, 5.41) is 3.43. The molecule has 17 heavy (non-hydrogen) atoms. The summed E-state index contributed by atoms with van der Waals surface area (Å²) >= 11 is 0. The highest BCUT2D eigenvalue weighted by molar-refractivity contribution is 5.85. The first kappa shape index (κ1) is 17.2. The molecule has 1 rings (SSSR count). The number of hydrogen-bond acceptors (Lipinski definition) is 2. The van der Waals surface area contributed by atoms with Crippen LogP contribution >= 0.6 is 12.4 Å². The fraction of sp³-hybridized carbons (Fsp3) is 1.00. The summed E-state index contributed by atoms with van der Waals surface area (Å²) in [5.41, 5.74) is 0.565. The highest BCUT2D eigenvalue weighted by atomic mass is 35.5. The van der Waals surface area contributed by atoms with Gasteiger partial charge in [0.2, 0.25) is 0 Å². The Balaban J connectivity index is 0.00000256. The van der Waals surface area contributed by atoms with Crippen LogP contribution in [0.1, 0.15) is 52.9 Å². The van der Waals surface area contributed by atoms with Crippen molar-refractivity contribution >= 4 is 12.4 Å². The summed E-state index contributed by atoms with van der Waals surface area (Å²) in [6.45, 7) is 10.9. The Kier molecular flexibility index (Phi) is 8.44. The second-order valence-electron chi connectivity index (χ2n) is 5.42. The van der Waals surface area contributed by atoms with Crippen LogP contribution in [-0.4, -0.2) is 37.6 Å². The number of rotatable bonds is 6. The van der Waals surface area contributed by atoms with E-state index < -0.39 is 0 Å². The first-order chi connectivity index (χ1) is 7.69. The van der Waals surface area contributed by atoms with Crippen molar-refractivity contribution in [3.63, 3.8) is 0 Å². The van der Waals surface area contributed by atoms with E-state index in [0.29, 0.717) is 5.41 Å². The number of likely N-dealkylation sites (tertiary alicyclic amines) is 1. The molecular weight excluding hydrogens is 232 g/mol. The molecule has 1 N–H and O–H groups in total. The van der Waals surface area contributed by atoms with Crippen molar-refractivity contribution in [1.82, 2.24) is 10.2 Å². The molecule has 0 amide bonds. The minimum Gasteiger partial charge on any atom is -0.316 e. The van der Waals surface area contributed by atoms with Gasteiger partial charge in [0.05, 0.1) is 0 Å². The smallest absolute Gasteiger partial charge is 0.0192 e. The summed E-state index contributed by atoms with van der Waals surface area (Å²) in [6.07, 6.45) is 6.67. The van der Waals surface area contributed by atoms with Crippen LogP contribution in [0.15, 0.2) is 0 Å². The van der Waals surface area contributed by atoms with Crippen LogP contribution in [0, 0.1) is 5.41 Å². The molecule has 1 saturated heterocycles. The van der Waals surface area contributed by atoms with Crippen LogP contribution in [-0.2, 0) is 0 Å². The Bertz CT molecular complexity index is 184. The number of nitrogens with zero attached hydrogens (tertiary/aromatic N) is 1. The van der Waals surface area contributed by atoms with Gasteiger partial charge < -0.3 is 10.2 Å². The molecule has 0 radical (unpaired) electrons. The molecule has 0 saturated carbocycles. The van der Waals surface area contributed by atoms with E-state index >= 15 is 0 Å². The minimum absolute atomic E-state index is 0. The van der Waals surface area contributed by atoms with Crippen LogP contribution in [0.4, 0.5) is 0 Å². The zero-order valence-corrected chi connectivity index (χ0v) is 12.9. The Morgan fingerprint density at radius 2 is 1.76 bits per heavy atom. The third-order valence-corrected chi connectivity index (χ3v) is 4.72. The van der Waals surface area contributed by atoms with E-state index in [-0.39, 0.29) is 12.4 Å². The topological polar surface area (TPSA) is 15.3 Å². The van der Waals surface area contributed by atoms with E-state index in [2.05, 4.69) is 38.0 Å². The molecule has 0 aliphatic carbocycles. The van der Waals surface area contributed by atoms with Crippen molar-refractivity contribution in [2.45, 2.75) is 58.9 Å². The van der Waals surface area contributed by atoms with E-state index in [1.165, 1.54) is 51.7 Å². The van der Waals surface area contributed by atoms with Crippen molar-refractivity contribution < 1.29 is 0 Å². The molecule has 0 aromatic carbocycles. The zero-order chi connectivity index (χ0) is 12.0. The molecule has 0 spiro atoms. The summed E-state index contributed by atoms with van der Waals surface area (Å²) in [4.78, 5) is 2.68. The van der Waals surface area contributed by atoms with Crippen LogP contribution < -0.4 is 5.32 Å². The maximum absolute atomic E-state index is 3.43. The third kappa shape index (κ3) is 4.76. The van der Waals surface area contributed by atoms with Gasteiger partial charge in [-0.1, -0.05) is 20.8 Å². The predicted molar refractivity (Wildman–Crippen MR) is 79.1 cm³/mol. The molecule has 1 aliphatic rings. The fourth-order valence-corrected chi connectivity index (χ4v) is 2.99. The standard InChI is InChI=1S/C14H30N2.ClH/c1-5-14(6-2,7-3)12-16-10-8-9-13(11-16)15-4;/h13,15H,5-12H2,1-4H3;1H. The highest BCUT2D eigenvalue weighted by Crippen LogP contribution is 2.32. The Hall–Kier alpha value is 0.210. The van der Waals surface area contributed by atoms with Gasteiger partial charge >= 0.3 is 0 Å². The van der Waals surface area contributed by atoms with Crippen molar-refractivity contribution in [1.29, 1.82) is 0 Å². The number of piperidine rings is 1. The summed E-state index contributed by atoms with van der Waals surface area (Å²) in [5.74, 6) is 0. The van der Waals surface area contributed by atoms with Crippen molar-refractivity contribution in [3.05, 3.63) is 0 Å². The lowest BCUT2D eigenvalue weighted by atomic mass is 9.79. The molecule has 2 nitrogen and oxygen atoms in total. The van der Waals surface area contributed by atoms with Crippen LogP contribution in [0.5, 0.6) is 0 Å². The lowest BCUT2D eigenvalue weighted by molar-refractivity contribution is 0.102. The molecule has 1 fully saturated rings. The molecule has 0 aromatic heterocycles. The highest BCUT2D eigenvalue weighted by Gasteiger charge is 2.29. The van der Waals surface area contributed by atoms with Gasteiger partial charge in [0.25, 0.3) is 0 Å². The summed E-state index contributed by atoms with van der Waals surface area (Å²) in [7, 11) is 2.10. The Morgan fingerprint density at radius 3 is 2.24 bits per heavy atom. The maximum Gasteiger partial charge on any atom is 0.0192 e. The van der Waals surface area contributed by atoms with Crippen molar-refractivity contribution in [2.24, 2.45) is 5.41 Å². The molecule has 1 heterocycles. The molecule has 1 unspecified atom stereocenters. The monoisotopic (exact) mass is 262 g/mol. The lowest BCUT2D eigenvalue weighted by Gasteiger charge is -2.40. The molecule has 1 atom stereocenters. The summed E-state index contributed by atoms with van der Waals surface area (Å²) < 4.78 is 0. The second-order valence-corrected chi connectivity index (χ2v) is 5.42. The van der Waals surface area contributed by atoms with Gasteiger partial charge in [0, 0.05) is 19.1 Å². The largest absolute Gasteiger partial charge is 0.316 e.